The molecule has 3 aromatic rings. The number of carbonyl (C=O) groups excluding carboxylic acids is 4. The number of nitriles is 1. The molecule has 3 aromatic carbocycles. The number of hydrogen-bond donors (Lipinski definition) is 2. The molecule has 1 atom stereocenters. The summed E-state index contributed by atoms with van der Waals surface area (Å²) in [5, 5.41) is 22.1. The summed E-state index contributed by atoms with van der Waals surface area (Å²) in [5.74, 6) is -4.63. The molecule has 44 heavy (non-hydrogen) atoms. The third-order valence-corrected chi connectivity index (χ3v) is 9.24. The molecular formula is C32H24BrN3O7S. The fourth-order valence-corrected chi connectivity index (χ4v) is 6.77. The number of ether oxygens (including phenoxy) is 2. The Hall–Kier alpha value is -4.86. The van der Waals surface area contributed by atoms with Crippen molar-refractivity contribution < 1.29 is 33.8 Å². The smallest absolute Gasteiger partial charge is 0.355 e. The Morgan fingerprint density at radius 2 is 1.59 bits per heavy atom. The van der Waals surface area contributed by atoms with Crippen molar-refractivity contribution >= 4 is 56.9 Å². The number of phenolic OH excluding ortho intramolecular Hbond substituents is 1. The highest BCUT2D eigenvalue weighted by atomic mass is 79.9. The Bertz CT molecular complexity index is 1850. The van der Waals surface area contributed by atoms with Crippen LogP contribution >= 0.6 is 27.7 Å². The number of aromatic hydroxyl groups is 1. The Kier molecular flexibility index (Phi) is 8.62. The van der Waals surface area contributed by atoms with Crippen molar-refractivity contribution in [2.24, 2.45) is 5.73 Å². The quantitative estimate of drug-likeness (QED) is 0.161. The molecule has 1 heterocycles. The third kappa shape index (κ3) is 4.84. The van der Waals surface area contributed by atoms with E-state index in [9.17, 15) is 29.5 Å². The molecule has 0 amide bonds. The summed E-state index contributed by atoms with van der Waals surface area (Å²) in [5.41, 5.74) is 5.99. The van der Waals surface area contributed by atoms with Crippen LogP contribution in [0.4, 0.5) is 5.69 Å². The van der Waals surface area contributed by atoms with E-state index >= 15 is 0 Å². The molecule has 0 saturated heterocycles. The van der Waals surface area contributed by atoms with Crippen molar-refractivity contribution in [3.63, 3.8) is 0 Å². The number of ketones is 2. The summed E-state index contributed by atoms with van der Waals surface area (Å²) >= 11 is 4.57. The van der Waals surface area contributed by atoms with Crippen LogP contribution in [0.5, 0.6) is 5.75 Å². The molecule has 222 valence electrons. The number of nitrogens with zero attached hydrogens (tertiary/aromatic N) is 2. The van der Waals surface area contributed by atoms with E-state index in [4.69, 9.17) is 15.2 Å². The number of benzene rings is 3. The third-order valence-electron chi connectivity index (χ3n) is 7.28. The van der Waals surface area contributed by atoms with E-state index in [1.54, 1.807) is 42.5 Å². The first-order chi connectivity index (χ1) is 21.2. The van der Waals surface area contributed by atoms with E-state index in [2.05, 4.69) is 22.0 Å². The lowest BCUT2D eigenvalue weighted by atomic mass is 9.79. The minimum atomic E-state index is -1.14. The Morgan fingerprint density at radius 1 is 1.00 bits per heavy atom. The maximum atomic E-state index is 14.2. The molecule has 3 N–H and O–H groups in total. The lowest BCUT2D eigenvalue weighted by Gasteiger charge is -2.38. The van der Waals surface area contributed by atoms with Gasteiger partial charge in [-0.05, 0) is 11.6 Å². The number of thioether (sulfide) groups is 1. The van der Waals surface area contributed by atoms with E-state index in [-0.39, 0.29) is 49.8 Å². The zero-order chi connectivity index (χ0) is 31.7. The number of rotatable bonds is 7. The zero-order valence-electron chi connectivity index (χ0n) is 23.4. The summed E-state index contributed by atoms with van der Waals surface area (Å²) in [6, 6.07) is 18.0. The van der Waals surface area contributed by atoms with Gasteiger partial charge in [0.2, 0.25) is 0 Å². The molecule has 10 nitrogen and oxygen atoms in total. The number of hydrogen-bond acceptors (Lipinski definition) is 11. The zero-order valence-corrected chi connectivity index (χ0v) is 25.8. The topological polar surface area (TPSA) is 160 Å². The molecule has 1 aliphatic heterocycles. The molecule has 2 aliphatic rings. The fraction of sp³-hybridized carbons (Fsp3) is 0.156. The van der Waals surface area contributed by atoms with Crippen molar-refractivity contribution in [2.45, 2.75) is 10.8 Å². The van der Waals surface area contributed by atoms with Gasteiger partial charge in [-0.1, -0.05) is 70.5 Å². The number of methoxy groups -OCH3 is 2. The minimum Gasteiger partial charge on any atom is -0.507 e. The van der Waals surface area contributed by atoms with Crippen LogP contribution in [0.25, 0.3) is 0 Å². The van der Waals surface area contributed by atoms with E-state index < -0.39 is 40.9 Å². The van der Waals surface area contributed by atoms with Crippen LogP contribution in [0, 0.1) is 11.3 Å². The Morgan fingerprint density at radius 3 is 2.16 bits per heavy atom. The van der Waals surface area contributed by atoms with Gasteiger partial charge in [-0.3, -0.25) is 14.5 Å². The van der Waals surface area contributed by atoms with Crippen LogP contribution in [0.15, 0.2) is 88.2 Å². The molecule has 1 aliphatic carbocycles. The summed E-state index contributed by atoms with van der Waals surface area (Å²) < 4.78 is 10.3. The summed E-state index contributed by atoms with van der Waals surface area (Å²) in [4.78, 5) is 56.5. The first-order valence-electron chi connectivity index (χ1n) is 13.1. The summed E-state index contributed by atoms with van der Waals surface area (Å²) in [7, 11) is 2.24. The van der Waals surface area contributed by atoms with E-state index in [0.717, 1.165) is 19.1 Å². The molecule has 5 rings (SSSR count). The van der Waals surface area contributed by atoms with E-state index in [1.165, 1.54) is 30.0 Å². The van der Waals surface area contributed by atoms with E-state index in [1.807, 2.05) is 0 Å². The minimum absolute atomic E-state index is 0.0600. The van der Waals surface area contributed by atoms with Crippen molar-refractivity contribution in [2.75, 3.05) is 30.2 Å². The van der Waals surface area contributed by atoms with Crippen LogP contribution < -0.4 is 10.6 Å². The molecule has 0 fully saturated rings. The lowest BCUT2D eigenvalue weighted by Crippen LogP contribution is -2.42. The summed E-state index contributed by atoms with van der Waals surface area (Å²) in [6.45, 7) is 0. The number of nitrogens with two attached hydrogens (primary N) is 1. The first kappa shape index (κ1) is 30.6. The van der Waals surface area contributed by atoms with Crippen molar-refractivity contribution in [1.29, 1.82) is 5.26 Å². The van der Waals surface area contributed by atoms with Gasteiger partial charge < -0.3 is 20.3 Å². The molecule has 0 bridgehead atoms. The molecule has 0 saturated carbocycles. The standard InChI is InChI=1S/C32H24BrN3O7S/c1-42-31(40)25-22(16-8-4-3-5-9-16)19(15-34)30(35)36(27(25)32(41)43-2)26-21(44-13-12-33)14-20(37)23-24(26)29(39)18-11-7-6-10-17(18)28(23)38/h3-11,14,22,37H,12-13,35H2,1-2H3. The number of anilines is 1. The summed E-state index contributed by atoms with van der Waals surface area (Å²) in [6.07, 6.45) is 0. The van der Waals surface area contributed by atoms with Crippen molar-refractivity contribution in [1.82, 2.24) is 0 Å². The van der Waals surface area contributed by atoms with Crippen LogP contribution in [-0.2, 0) is 19.1 Å². The van der Waals surface area contributed by atoms with Gasteiger partial charge in [0.05, 0.1) is 54.2 Å². The van der Waals surface area contributed by atoms with Gasteiger partial charge >= 0.3 is 11.9 Å². The van der Waals surface area contributed by atoms with Crippen molar-refractivity contribution in [3.8, 4) is 11.8 Å². The molecule has 12 heteroatoms. The van der Waals surface area contributed by atoms with Gasteiger partial charge in [-0.15, -0.1) is 11.8 Å². The van der Waals surface area contributed by atoms with Gasteiger partial charge in [0.1, 0.15) is 17.3 Å². The molecule has 0 spiro atoms. The highest BCUT2D eigenvalue weighted by Crippen LogP contribution is 2.50. The number of phenols is 1. The maximum absolute atomic E-state index is 14.2. The molecule has 1 unspecified atom stereocenters. The molecule has 0 aromatic heterocycles. The average Bonchev–Trinajstić information content (AvgIpc) is 3.05. The predicted molar refractivity (Wildman–Crippen MR) is 165 cm³/mol. The highest BCUT2D eigenvalue weighted by Gasteiger charge is 2.46. The Balaban J connectivity index is 1.96. The fourth-order valence-electron chi connectivity index (χ4n) is 5.46. The van der Waals surface area contributed by atoms with Gasteiger partial charge in [0.25, 0.3) is 0 Å². The number of alkyl halides is 1. The number of carbonyl (C=O) groups is 4. The number of halogens is 1. The number of fused-ring (bicyclic) bond motifs is 2. The van der Waals surface area contributed by atoms with Crippen LogP contribution in [0.3, 0.4) is 0 Å². The van der Waals surface area contributed by atoms with Crippen LogP contribution in [0.1, 0.15) is 43.3 Å². The second-order valence-corrected chi connectivity index (χ2v) is 11.5. The normalized spacial score (nSPS) is 15.9. The van der Waals surface area contributed by atoms with Gasteiger partial charge in [-0.2, -0.15) is 5.26 Å². The van der Waals surface area contributed by atoms with Crippen LogP contribution in [-0.4, -0.2) is 53.9 Å². The highest BCUT2D eigenvalue weighted by molar-refractivity contribution is 9.09. The van der Waals surface area contributed by atoms with E-state index in [0.29, 0.717) is 16.6 Å². The van der Waals surface area contributed by atoms with Gasteiger partial charge in [-0.25, -0.2) is 9.59 Å². The predicted octanol–water partition coefficient (Wildman–Crippen LogP) is 4.55. The Labute approximate surface area is 264 Å². The number of allylic oxidation sites excluding steroid dienone is 1. The second-order valence-electron chi connectivity index (χ2n) is 9.57. The van der Waals surface area contributed by atoms with Gasteiger partial charge in [0.15, 0.2) is 11.6 Å². The maximum Gasteiger partial charge on any atom is 0.355 e. The number of esters is 2. The first-order valence-corrected chi connectivity index (χ1v) is 15.2. The largest absolute Gasteiger partial charge is 0.507 e. The molecular weight excluding hydrogens is 650 g/mol. The van der Waals surface area contributed by atoms with Crippen LogP contribution in [0.2, 0.25) is 0 Å². The SMILES string of the molecule is COC(=O)C1=C(C(=O)OC)N(c2c(SCCBr)cc(O)c3c2C(=O)c2ccccc2C3=O)C(N)=C(C#N)C1c1ccccc1. The van der Waals surface area contributed by atoms with Gasteiger partial charge in [0, 0.05) is 27.1 Å². The lowest BCUT2D eigenvalue weighted by molar-refractivity contribution is -0.139. The second kappa shape index (κ2) is 12.4. The average molecular weight is 675 g/mol. The monoisotopic (exact) mass is 673 g/mol. The molecule has 0 radical (unpaired) electrons. The van der Waals surface area contributed by atoms with Crippen molar-refractivity contribution in [3.05, 3.63) is 111 Å².